The van der Waals surface area contributed by atoms with Crippen molar-refractivity contribution in [1.82, 2.24) is 0 Å². The molecule has 2 aliphatic heterocycles. The van der Waals surface area contributed by atoms with Crippen molar-refractivity contribution in [3.63, 3.8) is 0 Å². The van der Waals surface area contributed by atoms with Gasteiger partial charge in [0.2, 0.25) is 0 Å². The standard InChI is InChI=1S/C20H30O6/c1-10-6-5-7-12-18(3,11(2)14(21)15(22)19(10,12)4)8-13-20(9-25-20)16(23)17(24)26-13/h6,11-14,16-17,21,23-24H,5,7-9H2,1-4H3/t11-,12+,13+,14+,16-,17+,18+,19+,20-/m1/s1. The lowest BCUT2D eigenvalue weighted by molar-refractivity contribution is -0.174. The van der Waals surface area contributed by atoms with E-state index >= 15 is 0 Å². The van der Waals surface area contributed by atoms with Crippen LogP contribution in [0.1, 0.15) is 47.0 Å². The van der Waals surface area contributed by atoms with Gasteiger partial charge in [-0.2, -0.15) is 0 Å². The molecular weight excluding hydrogens is 336 g/mol. The van der Waals surface area contributed by atoms with Crippen LogP contribution in [0.2, 0.25) is 0 Å². The zero-order valence-corrected chi connectivity index (χ0v) is 15.9. The van der Waals surface area contributed by atoms with Gasteiger partial charge < -0.3 is 24.8 Å². The Kier molecular flexibility index (Phi) is 4.01. The first-order valence-electron chi connectivity index (χ1n) is 9.64. The van der Waals surface area contributed by atoms with E-state index in [9.17, 15) is 20.1 Å². The van der Waals surface area contributed by atoms with Crippen LogP contribution in [-0.4, -0.2) is 57.9 Å². The van der Waals surface area contributed by atoms with Gasteiger partial charge in [-0.05, 0) is 50.4 Å². The van der Waals surface area contributed by atoms with Crippen LogP contribution in [-0.2, 0) is 14.3 Å². The number of carbonyl (C=O) groups excluding carboxylic acids is 1. The third-order valence-electron chi connectivity index (χ3n) is 8.23. The highest BCUT2D eigenvalue weighted by atomic mass is 16.7. The van der Waals surface area contributed by atoms with E-state index in [0.717, 1.165) is 18.4 Å². The number of aliphatic hydroxyl groups is 3. The quantitative estimate of drug-likeness (QED) is 0.501. The van der Waals surface area contributed by atoms with E-state index in [0.29, 0.717) is 13.0 Å². The number of ketones is 1. The van der Waals surface area contributed by atoms with Crippen molar-refractivity contribution < 1.29 is 29.6 Å². The molecule has 0 aromatic heterocycles. The molecule has 9 atom stereocenters. The third-order valence-corrected chi connectivity index (χ3v) is 8.23. The van der Waals surface area contributed by atoms with Crippen molar-refractivity contribution in [2.24, 2.45) is 22.7 Å². The molecule has 0 aromatic rings. The molecule has 0 unspecified atom stereocenters. The maximum absolute atomic E-state index is 13.0. The minimum atomic E-state index is -1.25. The Bertz CT molecular complexity index is 655. The van der Waals surface area contributed by atoms with Crippen LogP contribution in [0.5, 0.6) is 0 Å². The van der Waals surface area contributed by atoms with Crippen LogP contribution in [0.15, 0.2) is 11.6 Å². The van der Waals surface area contributed by atoms with E-state index in [2.05, 4.69) is 13.0 Å². The van der Waals surface area contributed by atoms with Crippen LogP contribution in [0.4, 0.5) is 0 Å². The van der Waals surface area contributed by atoms with Crippen LogP contribution in [0.25, 0.3) is 0 Å². The molecule has 3 fully saturated rings. The van der Waals surface area contributed by atoms with E-state index < -0.39 is 35.6 Å². The number of hydrogen-bond acceptors (Lipinski definition) is 6. The molecule has 3 N–H and O–H groups in total. The molecule has 6 nitrogen and oxygen atoms in total. The minimum Gasteiger partial charge on any atom is -0.385 e. The van der Waals surface area contributed by atoms with Gasteiger partial charge in [0.1, 0.15) is 17.8 Å². The van der Waals surface area contributed by atoms with Crippen molar-refractivity contribution in [2.75, 3.05) is 6.61 Å². The van der Waals surface area contributed by atoms with Gasteiger partial charge in [0, 0.05) is 0 Å². The Morgan fingerprint density at radius 1 is 1.27 bits per heavy atom. The van der Waals surface area contributed by atoms with E-state index in [1.54, 1.807) is 0 Å². The van der Waals surface area contributed by atoms with Crippen molar-refractivity contribution in [1.29, 1.82) is 0 Å². The lowest BCUT2D eigenvalue weighted by atomic mass is 9.45. The molecule has 4 aliphatic rings. The van der Waals surface area contributed by atoms with Gasteiger partial charge >= 0.3 is 0 Å². The summed E-state index contributed by atoms with van der Waals surface area (Å²) in [4.78, 5) is 13.0. The van der Waals surface area contributed by atoms with Gasteiger partial charge in [0.05, 0.1) is 18.1 Å². The average Bonchev–Trinajstić information content (AvgIpc) is 3.37. The summed E-state index contributed by atoms with van der Waals surface area (Å²) < 4.78 is 11.2. The van der Waals surface area contributed by atoms with Gasteiger partial charge in [-0.15, -0.1) is 0 Å². The summed E-state index contributed by atoms with van der Waals surface area (Å²) in [5.74, 6) is -0.265. The fourth-order valence-corrected chi connectivity index (χ4v) is 5.99. The molecular formula is C20H30O6. The van der Waals surface area contributed by atoms with Crippen molar-refractivity contribution in [2.45, 2.75) is 77.2 Å². The zero-order valence-electron chi connectivity index (χ0n) is 15.9. The summed E-state index contributed by atoms with van der Waals surface area (Å²) in [6.07, 6.45) is 0.639. The topological polar surface area (TPSA) is 99.5 Å². The highest BCUT2D eigenvalue weighted by molar-refractivity contribution is 5.93. The van der Waals surface area contributed by atoms with E-state index in [1.807, 2.05) is 20.8 Å². The van der Waals surface area contributed by atoms with E-state index in [-0.39, 0.29) is 23.0 Å². The molecule has 146 valence electrons. The minimum absolute atomic E-state index is 0.0696. The second-order valence-corrected chi connectivity index (χ2v) is 9.23. The molecule has 6 heteroatoms. The fourth-order valence-electron chi connectivity index (χ4n) is 5.99. The lowest BCUT2D eigenvalue weighted by Crippen LogP contribution is -2.62. The Hall–Kier alpha value is -0.790. The van der Waals surface area contributed by atoms with Crippen molar-refractivity contribution >= 4 is 5.78 Å². The average molecular weight is 366 g/mol. The largest absolute Gasteiger partial charge is 0.385 e. The summed E-state index contributed by atoms with van der Waals surface area (Å²) in [5.41, 5.74) is -0.886. The maximum atomic E-state index is 13.0. The molecule has 2 aliphatic carbocycles. The predicted molar refractivity (Wildman–Crippen MR) is 93.1 cm³/mol. The number of carbonyl (C=O) groups is 1. The smallest absolute Gasteiger partial charge is 0.184 e. The SMILES string of the molecule is CC1=CCC[C@@H]2[C@@]1(C)C(=O)[C@@H](O)[C@@H](C)[C@]2(C)C[C@@H]1O[C@H](O)[C@@H](O)[C@@]12CO2. The van der Waals surface area contributed by atoms with E-state index in [1.165, 1.54) is 0 Å². The molecule has 2 heterocycles. The van der Waals surface area contributed by atoms with Crippen LogP contribution in [0, 0.1) is 22.7 Å². The molecule has 0 amide bonds. The summed E-state index contributed by atoms with van der Waals surface area (Å²) in [7, 11) is 0. The molecule has 26 heavy (non-hydrogen) atoms. The van der Waals surface area contributed by atoms with Crippen LogP contribution >= 0.6 is 0 Å². The number of Topliss-reactive ketones (excluding diaryl/α,β-unsaturated/α-hetero) is 1. The number of fused-ring (bicyclic) bond motifs is 1. The number of hydrogen-bond donors (Lipinski definition) is 3. The van der Waals surface area contributed by atoms with Crippen molar-refractivity contribution in [3.8, 4) is 0 Å². The van der Waals surface area contributed by atoms with E-state index in [4.69, 9.17) is 9.47 Å². The first kappa shape index (κ1) is 18.6. The number of ether oxygens (including phenoxy) is 2. The van der Waals surface area contributed by atoms with Gasteiger partial charge in [-0.3, -0.25) is 4.79 Å². The fraction of sp³-hybridized carbons (Fsp3) is 0.850. The second kappa shape index (κ2) is 5.61. The molecule has 1 saturated carbocycles. The second-order valence-electron chi connectivity index (χ2n) is 9.23. The number of allylic oxidation sites excluding steroid dienone is 2. The Morgan fingerprint density at radius 3 is 2.54 bits per heavy atom. The molecule has 1 spiro atoms. The van der Waals surface area contributed by atoms with Gasteiger partial charge in [0.25, 0.3) is 0 Å². The highest BCUT2D eigenvalue weighted by Gasteiger charge is 2.69. The normalized spacial score (nSPS) is 56.4. The predicted octanol–water partition coefficient (Wildman–Crippen LogP) is 1.17. The van der Waals surface area contributed by atoms with Crippen LogP contribution in [0.3, 0.4) is 0 Å². The van der Waals surface area contributed by atoms with Crippen LogP contribution < -0.4 is 0 Å². The van der Waals surface area contributed by atoms with Gasteiger partial charge in [-0.1, -0.05) is 25.5 Å². The molecule has 0 aromatic carbocycles. The Morgan fingerprint density at radius 2 is 1.92 bits per heavy atom. The van der Waals surface area contributed by atoms with Gasteiger partial charge in [-0.25, -0.2) is 0 Å². The zero-order chi connectivity index (χ0) is 19.1. The number of epoxide rings is 1. The van der Waals surface area contributed by atoms with Crippen molar-refractivity contribution in [3.05, 3.63) is 11.6 Å². The molecule has 0 bridgehead atoms. The first-order chi connectivity index (χ1) is 12.1. The molecule has 4 rings (SSSR count). The molecule has 0 radical (unpaired) electrons. The summed E-state index contributed by atoms with van der Waals surface area (Å²) in [6.45, 7) is 8.35. The maximum Gasteiger partial charge on any atom is 0.184 e. The summed E-state index contributed by atoms with van der Waals surface area (Å²) in [6, 6.07) is 0. The lowest BCUT2D eigenvalue weighted by Gasteiger charge is -2.58. The summed E-state index contributed by atoms with van der Waals surface area (Å²) >= 11 is 0. The number of aliphatic hydroxyl groups excluding tert-OH is 3. The summed E-state index contributed by atoms with van der Waals surface area (Å²) in [5, 5.41) is 31.0. The first-order valence-corrected chi connectivity index (χ1v) is 9.64. The third kappa shape index (κ3) is 2.14. The Balaban J connectivity index is 1.72. The Labute approximate surface area is 154 Å². The molecule has 2 saturated heterocycles. The number of rotatable bonds is 2. The monoisotopic (exact) mass is 366 g/mol. The highest BCUT2D eigenvalue weighted by Crippen LogP contribution is 2.62. The van der Waals surface area contributed by atoms with Gasteiger partial charge in [0.15, 0.2) is 12.1 Å².